The van der Waals surface area contributed by atoms with Gasteiger partial charge in [0.2, 0.25) is 17.6 Å². The van der Waals surface area contributed by atoms with Crippen LogP contribution in [0.5, 0.6) is 0 Å². The van der Waals surface area contributed by atoms with Gasteiger partial charge in [0.15, 0.2) is 11.6 Å². The normalized spacial score (nSPS) is 24.4. The lowest BCUT2D eigenvalue weighted by atomic mass is 9.82. The second kappa shape index (κ2) is 18.1. The van der Waals surface area contributed by atoms with Gasteiger partial charge in [-0.2, -0.15) is 0 Å². The van der Waals surface area contributed by atoms with E-state index in [0.717, 1.165) is 64.2 Å². The van der Waals surface area contributed by atoms with E-state index in [1.165, 1.54) is 0 Å². The SMILES string of the molecule is C#CCCC(CC(=O)[C@@H]1[C@H]2CCC[C@H]2CN1C(=O)[C@@H](NC(=O)N[C@H](CN1CCCCC1=O)C(C)(C)C)C1CCCCC1)C(=O)C(=O)CCC=C. The van der Waals surface area contributed by atoms with Crippen molar-refractivity contribution in [3.8, 4) is 12.3 Å². The maximum Gasteiger partial charge on any atom is 0.315 e. The molecule has 4 rings (SSSR count). The van der Waals surface area contributed by atoms with Crippen LogP contribution in [0.3, 0.4) is 0 Å². The first-order valence-corrected chi connectivity index (χ1v) is 19.1. The number of likely N-dealkylation sites (tertiary alicyclic amines) is 2. The van der Waals surface area contributed by atoms with Gasteiger partial charge >= 0.3 is 6.03 Å². The maximum absolute atomic E-state index is 14.7. The number of hydrogen-bond donors (Lipinski definition) is 2. The Labute approximate surface area is 299 Å². The van der Waals surface area contributed by atoms with Gasteiger partial charge < -0.3 is 20.4 Å². The number of fused-ring (bicyclic) bond motifs is 1. The molecule has 276 valence electrons. The molecule has 4 amide bonds. The molecule has 4 aliphatic rings. The summed E-state index contributed by atoms with van der Waals surface area (Å²) in [5, 5.41) is 6.20. The van der Waals surface area contributed by atoms with Gasteiger partial charge in [0.1, 0.15) is 6.04 Å². The lowest BCUT2D eigenvalue weighted by Gasteiger charge is -2.39. The fourth-order valence-corrected chi connectivity index (χ4v) is 8.66. The molecule has 0 aromatic carbocycles. The van der Waals surface area contributed by atoms with Crippen molar-refractivity contribution in [2.24, 2.45) is 29.1 Å². The summed E-state index contributed by atoms with van der Waals surface area (Å²) in [7, 11) is 0. The average molecular weight is 693 g/mol. The van der Waals surface area contributed by atoms with Gasteiger partial charge in [0.25, 0.3) is 0 Å². The first-order valence-electron chi connectivity index (χ1n) is 19.1. The summed E-state index contributed by atoms with van der Waals surface area (Å²) in [5.74, 6) is 0.358. The quantitative estimate of drug-likeness (QED) is 0.127. The molecule has 0 aromatic heterocycles. The monoisotopic (exact) mass is 692 g/mol. The number of terminal acetylenes is 1. The third-order valence-electron chi connectivity index (χ3n) is 11.7. The molecule has 0 radical (unpaired) electrons. The molecule has 2 N–H and O–H groups in total. The number of Topliss-reactive ketones (excluding diaryl/α,β-unsaturated/α-hetero) is 3. The second-order valence-electron chi connectivity index (χ2n) is 16.2. The standard InChI is InChI=1S/C40H60N4O6/c1-6-8-16-28(37(48)31(45)21-9-7-2)24-32(46)36-30-20-15-19-29(30)25-44(36)38(49)35(27-17-11-10-12-18-27)42-39(50)41-33(40(3,4)5)26-43-23-14-13-22-34(43)47/h1,7,27-30,33,35-36H,2,8-26H2,3-5H3,(H2,41,42,50)/t28?,29-,30-,33+,35-,36-/m0/s1. The molecule has 0 spiro atoms. The molecule has 2 aliphatic carbocycles. The predicted octanol–water partition coefficient (Wildman–Crippen LogP) is 5.38. The smallest absolute Gasteiger partial charge is 0.315 e. The summed E-state index contributed by atoms with van der Waals surface area (Å²) in [6.07, 6.45) is 17.5. The van der Waals surface area contributed by atoms with Crippen molar-refractivity contribution in [2.75, 3.05) is 19.6 Å². The maximum atomic E-state index is 14.7. The molecule has 6 atom stereocenters. The van der Waals surface area contributed by atoms with Gasteiger partial charge in [-0.05, 0) is 74.5 Å². The van der Waals surface area contributed by atoms with E-state index in [1.54, 1.807) is 11.0 Å². The Balaban J connectivity index is 1.55. The molecule has 0 aromatic rings. The molecule has 10 heteroatoms. The third kappa shape index (κ3) is 10.1. The minimum Gasteiger partial charge on any atom is -0.341 e. The topological polar surface area (TPSA) is 133 Å². The molecular formula is C40H60N4O6. The minimum absolute atomic E-state index is 0.0144. The van der Waals surface area contributed by atoms with E-state index >= 15 is 0 Å². The van der Waals surface area contributed by atoms with E-state index in [2.05, 4.69) is 23.1 Å². The number of ketones is 3. The number of carbonyl (C=O) groups excluding carboxylic acids is 6. The second-order valence-corrected chi connectivity index (χ2v) is 16.2. The highest BCUT2D eigenvalue weighted by atomic mass is 16.2. The number of piperidine rings is 1. The number of nitrogens with zero attached hydrogens (tertiary/aromatic N) is 2. The molecule has 2 saturated heterocycles. The van der Waals surface area contributed by atoms with Gasteiger partial charge in [0.05, 0.1) is 12.1 Å². The number of carbonyl (C=O) groups is 6. The first kappa shape index (κ1) is 39.3. The zero-order valence-corrected chi connectivity index (χ0v) is 30.7. The fourth-order valence-electron chi connectivity index (χ4n) is 8.66. The summed E-state index contributed by atoms with van der Waals surface area (Å²) in [4.78, 5) is 84.9. The van der Waals surface area contributed by atoms with E-state index < -0.39 is 35.6 Å². The van der Waals surface area contributed by atoms with Crippen molar-refractivity contribution in [3.05, 3.63) is 12.7 Å². The molecule has 50 heavy (non-hydrogen) atoms. The summed E-state index contributed by atoms with van der Waals surface area (Å²) < 4.78 is 0. The van der Waals surface area contributed by atoms with E-state index in [9.17, 15) is 28.8 Å². The Kier molecular flexibility index (Phi) is 14.3. The van der Waals surface area contributed by atoms with E-state index in [1.807, 2.05) is 25.7 Å². The number of allylic oxidation sites excluding steroid dienone is 1. The molecule has 1 unspecified atom stereocenters. The Morgan fingerprint density at radius 3 is 2.40 bits per heavy atom. The van der Waals surface area contributed by atoms with Crippen LogP contribution in [0.25, 0.3) is 0 Å². The minimum atomic E-state index is -0.826. The lowest BCUT2D eigenvalue weighted by molar-refractivity contribution is -0.143. The van der Waals surface area contributed by atoms with Gasteiger partial charge in [-0.25, -0.2) is 4.79 Å². The summed E-state index contributed by atoms with van der Waals surface area (Å²) in [6.45, 7) is 11.2. The summed E-state index contributed by atoms with van der Waals surface area (Å²) in [6, 6.07) is -2.29. The van der Waals surface area contributed by atoms with Crippen molar-refractivity contribution in [1.82, 2.24) is 20.4 Å². The molecule has 2 saturated carbocycles. The largest absolute Gasteiger partial charge is 0.341 e. The number of amides is 4. The Morgan fingerprint density at radius 2 is 1.74 bits per heavy atom. The highest BCUT2D eigenvalue weighted by molar-refractivity contribution is 6.38. The highest BCUT2D eigenvalue weighted by Crippen LogP contribution is 2.44. The van der Waals surface area contributed by atoms with Crippen LogP contribution in [0.4, 0.5) is 4.79 Å². The molecule has 4 fully saturated rings. The molecular weight excluding hydrogens is 632 g/mol. The fraction of sp³-hybridized carbons (Fsp3) is 0.750. The van der Waals surface area contributed by atoms with E-state index in [0.29, 0.717) is 32.5 Å². The summed E-state index contributed by atoms with van der Waals surface area (Å²) in [5.41, 5.74) is -0.343. The Hall–Kier alpha value is -3.48. The molecule has 2 aliphatic heterocycles. The van der Waals surface area contributed by atoms with Gasteiger partial charge in [-0.1, -0.05) is 52.5 Å². The van der Waals surface area contributed by atoms with E-state index in [4.69, 9.17) is 6.42 Å². The van der Waals surface area contributed by atoms with Crippen molar-refractivity contribution in [2.45, 2.75) is 142 Å². The summed E-state index contributed by atoms with van der Waals surface area (Å²) >= 11 is 0. The molecule has 2 heterocycles. The Morgan fingerprint density at radius 1 is 1.00 bits per heavy atom. The number of rotatable bonds is 16. The lowest BCUT2D eigenvalue weighted by Crippen LogP contribution is -2.60. The zero-order valence-electron chi connectivity index (χ0n) is 30.7. The van der Waals surface area contributed by atoms with Crippen LogP contribution >= 0.6 is 0 Å². The van der Waals surface area contributed by atoms with Crippen molar-refractivity contribution >= 4 is 35.2 Å². The first-order chi connectivity index (χ1) is 23.8. The molecule has 10 nitrogen and oxygen atoms in total. The van der Waals surface area contributed by atoms with Crippen LogP contribution in [0.2, 0.25) is 0 Å². The third-order valence-corrected chi connectivity index (χ3v) is 11.7. The highest BCUT2D eigenvalue weighted by Gasteiger charge is 2.51. The van der Waals surface area contributed by atoms with Crippen LogP contribution in [-0.4, -0.2) is 82.8 Å². The van der Waals surface area contributed by atoms with Gasteiger partial charge in [-0.15, -0.1) is 18.9 Å². The zero-order chi connectivity index (χ0) is 36.4. The van der Waals surface area contributed by atoms with E-state index in [-0.39, 0.29) is 72.5 Å². The predicted molar refractivity (Wildman–Crippen MR) is 193 cm³/mol. The number of urea groups is 1. The van der Waals surface area contributed by atoms with Crippen LogP contribution in [0.1, 0.15) is 124 Å². The van der Waals surface area contributed by atoms with Gasteiger partial charge in [-0.3, -0.25) is 24.0 Å². The van der Waals surface area contributed by atoms with Crippen LogP contribution in [0.15, 0.2) is 12.7 Å². The Bertz CT molecular complexity index is 1310. The van der Waals surface area contributed by atoms with Crippen molar-refractivity contribution < 1.29 is 28.8 Å². The number of hydrogen-bond acceptors (Lipinski definition) is 6. The van der Waals surface area contributed by atoms with Gasteiger partial charge in [0, 0.05) is 51.2 Å². The molecule has 0 bridgehead atoms. The number of nitrogens with one attached hydrogen (secondary N) is 2. The van der Waals surface area contributed by atoms with Crippen LogP contribution in [-0.2, 0) is 24.0 Å². The van der Waals surface area contributed by atoms with Crippen molar-refractivity contribution in [1.29, 1.82) is 0 Å². The van der Waals surface area contributed by atoms with Crippen LogP contribution < -0.4 is 10.6 Å². The van der Waals surface area contributed by atoms with Crippen molar-refractivity contribution in [3.63, 3.8) is 0 Å². The average Bonchev–Trinajstić information content (AvgIpc) is 3.70. The van der Waals surface area contributed by atoms with Crippen LogP contribution in [0, 0.1) is 41.4 Å².